The van der Waals surface area contributed by atoms with E-state index in [1.54, 1.807) is 24.3 Å². The lowest BCUT2D eigenvalue weighted by atomic mass is 9.90. The van der Waals surface area contributed by atoms with E-state index in [0.29, 0.717) is 23.5 Å². The number of nitrogens with zero attached hydrogens (tertiary/aromatic N) is 2. The number of carbonyl (C=O) groups is 2. The molecule has 1 unspecified atom stereocenters. The number of fused-ring (bicyclic) bond motifs is 3. The second-order valence-electron chi connectivity index (χ2n) is 8.34. The molecule has 1 aliphatic carbocycles. The van der Waals surface area contributed by atoms with Crippen LogP contribution in [0, 0.1) is 11.8 Å². The Balaban J connectivity index is 1.38. The van der Waals surface area contributed by atoms with Crippen LogP contribution in [-0.2, 0) is 19.9 Å². The largest absolute Gasteiger partial charge is 0.462 e. The molecule has 0 bridgehead atoms. The molecule has 2 aliphatic rings. The van der Waals surface area contributed by atoms with Gasteiger partial charge in [0.1, 0.15) is 6.61 Å². The maximum atomic E-state index is 13.4. The molecule has 5 rings (SSSR count). The Kier molecular flexibility index (Phi) is 5.62. The van der Waals surface area contributed by atoms with Crippen molar-refractivity contribution in [2.45, 2.75) is 12.0 Å². The third-order valence-corrected chi connectivity index (χ3v) is 6.43. The molecule has 168 valence electrons. The van der Waals surface area contributed by atoms with Crippen molar-refractivity contribution < 1.29 is 19.4 Å². The van der Waals surface area contributed by atoms with Crippen LogP contribution in [0.4, 0.5) is 5.82 Å². The molecule has 0 spiro atoms. The predicted molar refractivity (Wildman–Crippen MR) is 121 cm³/mol. The quantitative estimate of drug-likeness (QED) is 0.499. The second-order valence-corrected chi connectivity index (χ2v) is 8.34. The zero-order valence-electron chi connectivity index (χ0n) is 17.9. The van der Waals surface area contributed by atoms with Gasteiger partial charge in [0.2, 0.25) is 11.5 Å². The SMILES string of the molecule is O=C(Nc1cnccn1)C(COC(=O)C1(O)c2ccccc2-c2ccccc21)[C@H]1CCNC1. The topological polar surface area (TPSA) is 113 Å². The number of carbonyl (C=O) groups excluding carboxylic acids is 2. The number of aliphatic hydroxyl groups is 1. The summed E-state index contributed by atoms with van der Waals surface area (Å²) in [4.78, 5) is 34.5. The average Bonchev–Trinajstić information content (AvgIpc) is 3.47. The molecule has 1 aliphatic heterocycles. The maximum absolute atomic E-state index is 13.4. The van der Waals surface area contributed by atoms with Gasteiger partial charge in [-0.05, 0) is 36.6 Å². The monoisotopic (exact) mass is 444 g/mol. The summed E-state index contributed by atoms with van der Waals surface area (Å²) in [6.45, 7) is 1.29. The van der Waals surface area contributed by atoms with E-state index in [1.807, 2.05) is 24.3 Å². The Labute approximate surface area is 191 Å². The van der Waals surface area contributed by atoms with E-state index in [-0.39, 0.29) is 18.4 Å². The first kappa shape index (κ1) is 21.2. The lowest BCUT2D eigenvalue weighted by Crippen LogP contribution is -2.40. The fourth-order valence-electron chi connectivity index (χ4n) is 4.73. The van der Waals surface area contributed by atoms with Crippen LogP contribution < -0.4 is 10.6 Å². The lowest BCUT2D eigenvalue weighted by Gasteiger charge is -2.26. The molecule has 3 aromatic rings. The molecule has 1 saturated heterocycles. The lowest BCUT2D eigenvalue weighted by molar-refractivity contribution is -0.164. The fraction of sp³-hybridized carbons (Fsp3) is 0.280. The molecule has 1 aromatic heterocycles. The summed E-state index contributed by atoms with van der Waals surface area (Å²) in [5.41, 5.74) is 0.639. The van der Waals surface area contributed by atoms with Gasteiger partial charge in [0, 0.05) is 23.5 Å². The Hall–Kier alpha value is -3.62. The highest BCUT2D eigenvalue weighted by Gasteiger charge is 2.49. The predicted octanol–water partition coefficient (Wildman–Crippen LogP) is 2.10. The molecular formula is C25H24N4O4. The number of rotatable bonds is 6. The normalized spacial score (nSPS) is 18.8. The van der Waals surface area contributed by atoms with Gasteiger partial charge >= 0.3 is 5.97 Å². The summed E-state index contributed by atoms with van der Waals surface area (Å²) in [5, 5.41) is 17.6. The van der Waals surface area contributed by atoms with Crippen molar-refractivity contribution in [3.05, 3.63) is 78.2 Å². The molecule has 2 atom stereocenters. The number of aromatic nitrogens is 2. The number of hydrogen-bond acceptors (Lipinski definition) is 7. The van der Waals surface area contributed by atoms with E-state index >= 15 is 0 Å². The van der Waals surface area contributed by atoms with Crippen molar-refractivity contribution >= 4 is 17.7 Å². The van der Waals surface area contributed by atoms with Crippen LogP contribution in [0.1, 0.15) is 17.5 Å². The van der Waals surface area contributed by atoms with Crippen LogP contribution in [0.15, 0.2) is 67.1 Å². The summed E-state index contributed by atoms with van der Waals surface area (Å²) < 4.78 is 5.66. The molecule has 8 heteroatoms. The summed E-state index contributed by atoms with van der Waals surface area (Å²) in [7, 11) is 0. The first-order valence-corrected chi connectivity index (χ1v) is 11.0. The third-order valence-electron chi connectivity index (χ3n) is 6.43. The molecule has 33 heavy (non-hydrogen) atoms. The van der Waals surface area contributed by atoms with Crippen molar-refractivity contribution in [2.75, 3.05) is 25.0 Å². The Morgan fingerprint density at radius 1 is 1.12 bits per heavy atom. The van der Waals surface area contributed by atoms with Crippen LogP contribution in [0.5, 0.6) is 0 Å². The van der Waals surface area contributed by atoms with Gasteiger partial charge < -0.3 is 20.5 Å². The van der Waals surface area contributed by atoms with Gasteiger partial charge in [-0.2, -0.15) is 0 Å². The van der Waals surface area contributed by atoms with Crippen molar-refractivity contribution in [3.8, 4) is 11.1 Å². The Bertz CT molecular complexity index is 1130. The van der Waals surface area contributed by atoms with Gasteiger partial charge in [0.15, 0.2) is 5.82 Å². The van der Waals surface area contributed by atoms with E-state index in [4.69, 9.17) is 4.74 Å². The molecule has 2 heterocycles. The van der Waals surface area contributed by atoms with E-state index in [1.165, 1.54) is 18.6 Å². The molecule has 2 aromatic carbocycles. The van der Waals surface area contributed by atoms with Gasteiger partial charge in [0.05, 0.1) is 12.1 Å². The van der Waals surface area contributed by atoms with E-state index in [0.717, 1.165) is 24.1 Å². The van der Waals surface area contributed by atoms with Gasteiger partial charge in [-0.3, -0.25) is 9.78 Å². The average molecular weight is 444 g/mol. The highest BCUT2D eigenvalue weighted by Crippen LogP contribution is 2.47. The van der Waals surface area contributed by atoms with Crippen LogP contribution in [0.2, 0.25) is 0 Å². The Morgan fingerprint density at radius 3 is 2.42 bits per heavy atom. The molecule has 3 N–H and O–H groups in total. The molecule has 0 saturated carbocycles. The Morgan fingerprint density at radius 2 is 1.82 bits per heavy atom. The number of anilines is 1. The van der Waals surface area contributed by atoms with Crippen molar-refractivity contribution in [2.24, 2.45) is 11.8 Å². The molecule has 1 amide bonds. The van der Waals surface area contributed by atoms with E-state index < -0.39 is 17.5 Å². The molecule has 1 fully saturated rings. The third kappa shape index (κ3) is 3.77. The number of ether oxygens (including phenoxy) is 1. The first-order chi connectivity index (χ1) is 16.1. The van der Waals surface area contributed by atoms with Gasteiger partial charge in [0.25, 0.3) is 0 Å². The van der Waals surface area contributed by atoms with Crippen molar-refractivity contribution in [1.82, 2.24) is 15.3 Å². The number of nitrogens with one attached hydrogen (secondary N) is 2. The summed E-state index contributed by atoms with van der Waals surface area (Å²) in [6, 6.07) is 14.5. The molecule has 8 nitrogen and oxygen atoms in total. The fourth-order valence-corrected chi connectivity index (χ4v) is 4.73. The minimum atomic E-state index is -1.92. The second kappa shape index (κ2) is 8.73. The molecular weight excluding hydrogens is 420 g/mol. The van der Waals surface area contributed by atoms with Crippen LogP contribution in [0.25, 0.3) is 11.1 Å². The molecule has 0 radical (unpaired) electrons. The van der Waals surface area contributed by atoms with Gasteiger partial charge in [-0.1, -0.05) is 48.5 Å². The maximum Gasteiger partial charge on any atom is 0.347 e. The zero-order chi connectivity index (χ0) is 22.8. The zero-order valence-corrected chi connectivity index (χ0v) is 17.9. The number of esters is 1. The minimum absolute atomic E-state index is 0.00716. The van der Waals surface area contributed by atoms with Crippen LogP contribution >= 0.6 is 0 Å². The van der Waals surface area contributed by atoms with Gasteiger partial charge in [-0.15, -0.1) is 0 Å². The summed E-state index contributed by atoms with van der Waals surface area (Å²) in [5.74, 6) is -1.35. The first-order valence-electron chi connectivity index (χ1n) is 11.0. The summed E-state index contributed by atoms with van der Waals surface area (Å²) in [6.07, 6.45) is 5.26. The number of amides is 1. The summed E-state index contributed by atoms with van der Waals surface area (Å²) >= 11 is 0. The van der Waals surface area contributed by atoms with Gasteiger partial charge in [-0.25, -0.2) is 9.78 Å². The van der Waals surface area contributed by atoms with Crippen LogP contribution in [-0.4, -0.2) is 46.6 Å². The van der Waals surface area contributed by atoms with Crippen LogP contribution in [0.3, 0.4) is 0 Å². The highest BCUT2D eigenvalue weighted by atomic mass is 16.5. The number of hydrogen-bond donors (Lipinski definition) is 3. The van der Waals surface area contributed by atoms with E-state index in [2.05, 4.69) is 20.6 Å². The standard InChI is InChI=1S/C25H24N4O4/c30-23(29-22-14-27-11-12-28-22)19(16-9-10-26-13-16)15-33-24(31)25(32)20-7-3-1-5-17(20)18-6-2-4-8-21(18)25/h1-8,11-12,14,16,19,26,32H,9-10,13,15H2,(H,28,29,30)/t16-,19?/m0/s1. The minimum Gasteiger partial charge on any atom is -0.462 e. The highest BCUT2D eigenvalue weighted by molar-refractivity contribution is 5.96. The van der Waals surface area contributed by atoms with Crippen molar-refractivity contribution in [1.29, 1.82) is 0 Å². The smallest absolute Gasteiger partial charge is 0.347 e. The van der Waals surface area contributed by atoms with E-state index in [9.17, 15) is 14.7 Å². The van der Waals surface area contributed by atoms with Crippen molar-refractivity contribution in [3.63, 3.8) is 0 Å². The number of benzene rings is 2.